The van der Waals surface area contributed by atoms with Crippen LogP contribution in [0.25, 0.3) is 0 Å². The average molecular weight is 427 g/mol. The third-order valence-electron chi connectivity index (χ3n) is 4.40. The average Bonchev–Trinajstić information content (AvgIpc) is 3.38. The van der Waals surface area contributed by atoms with E-state index >= 15 is 0 Å². The predicted molar refractivity (Wildman–Crippen MR) is 98.6 cm³/mol. The Morgan fingerprint density at radius 3 is 2.50 bits per heavy atom. The molecule has 0 aliphatic carbocycles. The summed E-state index contributed by atoms with van der Waals surface area (Å²) in [7, 11) is 0. The fourth-order valence-corrected chi connectivity index (χ4v) is 3.01. The number of aromatic nitrogens is 4. The summed E-state index contributed by atoms with van der Waals surface area (Å²) in [4.78, 5) is 12.2. The molecule has 0 aliphatic heterocycles. The minimum atomic E-state index is -2.97. The largest absolute Gasteiger partial charge is 0.454 e. The number of carbonyl (C=O) groups excluding carboxylic acids is 1. The Hall–Kier alpha value is -3.11. The fourth-order valence-electron chi connectivity index (χ4n) is 3.01. The van der Waals surface area contributed by atoms with Crippen molar-refractivity contribution in [2.45, 2.75) is 46.2 Å². The maximum absolute atomic E-state index is 13.1. The molecule has 7 nitrogen and oxygen atoms in total. The topological polar surface area (TPSA) is 77.9 Å². The molecule has 3 heterocycles. The molecule has 30 heavy (non-hydrogen) atoms. The Bertz CT molecular complexity index is 1010. The summed E-state index contributed by atoms with van der Waals surface area (Å²) in [6.45, 7) is 4.59. The quantitative estimate of drug-likeness (QED) is 0.413. The van der Waals surface area contributed by atoms with Crippen molar-refractivity contribution in [3.63, 3.8) is 0 Å². The van der Waals surface area contributed by atoms with E-state index in [-0.39, 0.29) is 18.1 Å². The third kappa shape index (κ3) is 5.08. The van der Waals surface area contributed by atoms with Crippen molar-refractivity contribution in [1.29, 1.82) is 0 Å². The van der Waals surface area contributed by atoms with Crippen molar-refractivity contribution in [2.24, 2.45) is 0 Å². The maximum Gasteiger partial charge on any atom is 0.286 e. The first kappa shape index (κ1) is 21.6. The molecule has 0 saturated heterocycles. The van der Waals surface area contributed by atoms with Crippen LogP contribution < -0.4 is 5.32 Å². The Balaban J connectivity index is 1.55. The zero-order valence-corrected chi connectivity index (χ0v) is 16.4. The van der Waals surface area contributed by atoms with E-state index in [1.54, 1.807) is 0 Å². The lowest BCUT2D eigenvalue weighted by molar-refractivity contribution is 0.0922. The van der Waals surface area contributed by atoms with Gasteiger partial charge in [0, 0.05) is 18.8 Å². The summed E-state index contributed by atoms with van der Waals surface area (Å²) >= 11 is 0. The summed E-state index contributed by atoms with van der Waals surface area (Å²) in [6, 6.07) is 5.44. The zero-order chi connectivity index (χ0) is 21.8. The van der Waals surface area contributed by atoms with E-state index in [0.29, 0.717) is 25.6 Å². The van der Waals surface area contributed by atoms with E-state index in [0.717, 1.165) is 16.1 Å². The molecule has 1 amide bonds. The molecule has 0 radical (unpaired) electrons. The van der Waals surface area contributed by atoms with Crippen LogP contribution in [0.1, 0.15) is 58.4 Å². The van der Waals surface area contributed by atoms with Crippen LogP contribution in [0.15, 0.2) is 28.7 Å². The van der Waals surface area contributed by atoms with E-state index in [2.05, 4.69) is 15.5 Å². The van der Waals surface area contributed by atoms with Crippen molar-refractivity contribution in [3.05, 3.63) is 58.6 Å². The second-order valence-corrected chi connectivity index (χ2v) is 6.78. The van der Waals surface area contributed by atoms with Crippen molar-refractivity contribution >= 4 is 5.91 Å². The van der Waals surface area contributed by atoms with Crippen molar-refractivity contribution < 1.29 is 26.8 Å². The monoisotopic (exact) mass is 427 g/mol. The van der Waals surface area contributed by atoms with Gasteiger partial charge in [0.2, 0.25) is 0 Å². The second-order valence-electron chi connectivity index (χ2n) is 6.78. The van der Waals surface area contributed by atoms with Crippen LogP contribution in [0.5, 0.6) is 0 Å². The minimum Gasteiger partial charge on any atom is -0.454 e. The number of furan rings is 1. The number of nitrogens with one attached hydrogen (secondary N) is 1. The summed E-state index contributed by atoms with van der Waals surface area (Å²) in [5, 5.41) is 10.5. The van der Waals surface area contributed by atoms with Crippen LogP contribution in [-0.4, -0.2) is 32.0 Å². The number of alkyl halides is 4. The van der Waals surface area contributed by atoms with E-state index < -0.39 is 30.1 Å². The van der Waals surface area contributed by atoms with Gasteiger partial charge in [-0.2, -0.15) is 10.2 Å². The van der Waals surface area contributed by atoms with Gasteiger partial charge in [0.25, 0.3) is 18.8 Å². The number of amides is 1. The molecule has 0 unspecified atom stereocenters. The number of halogens is 4. The summed E-state index contributed by atoms with van der Waals surface area (Å²) in [5.74, 6) is -0.318. The van der Waals surface area contributed by atoms with E-state index in [4.69, 9.17) is 4.42 Å². The molecular formula is C19H21F4N5O2. The summed E-state index contributed by atoms with van der Waals surface area (Å²) < 4.78 is 59.6. The highest BCUT2D eigenvalue weighted by molar-refractivity contribution is 5.91. The second kappa shape index (κ2) is 9.14. The molecule has 0 bridgehead atoms. The van der Waals surface area contributed by atoms with Crippen molar-refractivity contribution in [2.75, 3.05) is 6.54 Å². The molecule has 11 heteroatoms. The van der Waals surface area contributed by atoms with Gasteiger partial charge in [-0.05, 0) is 44.5 Å². The molecule has 3 aromatic rings. The SMILES string of the molecule is Cc1cc(C)n(CCCNC(=O)c2ccc(Cn3nc(C(F)F)cc3C(F)F)o2)n1. The summed E-state index contributed by atoms with van der Waals surface area (Å²) in [6.07, 6.45) is -5.27. The first-order chi connectivity index (χ1) is 14.2. The van der Waals surface area contributed by atoms with Crippen molar-refractivity contribution in [3.8, 4) is 0 Å². The van der Waals surface area contributed by atoms with Crippen LogP contribution in [0.4, 0.5) is 17.6 Å². The molecule has 1 N–H and O–H groups in total. The molecule has 0 spiro atoms. The fraction of sp³-hybridized carbons (Fsp3) is 0.421. The molecule has 0 aromatic carbocycles. The van der Waals surface area contributed by atoms with Gasteiger partial charge in [-0.15, -0.1) is 0 Å². The normalized spacial score (nSPS) is 11.6. The predicted octanol–water partition coefficient (Wildman–Crippen LogP) is 4.03. The molecule has 3 rings (SSSR count). The van der Waals surface area contributed by atoms with E-state index in [1.165, 1.54) is 12.1 Å². The van der Waals surface area contributed by atoms with Crippen LogP contribution in [-0.2, 0) is 13.1 Å². The number of hydrogen-bond acceptors (Lipinski definition) is 4. The molecule has 0 atom stereocenters. The Morgan fingerprint density at radius 2 is 1.87 bits per heavy atom. The number of rotatable bonds is 9. The number of carbonyl (C=O) groups is 1. The van der Waals surface area contributed by atoms with Gasteiger partial charge in [0.1, 0.15) is 17.1 Å². The zero-order valence-electron chi connectivity index (χ0n) is 16.4. The molecule has 0 aliphatic rings. The highest BCUT2D eigenvalue weighted by Gasteiger charge is 2.22. The Labute approximate surface area is 169 Å². The van der Waals surface area contributed by atoms with Gasteiger partial charge in [-0.25, -0.2) is 17.6 Å². The lowest BCUT2D eigenvalue weighted by Crippen LogP contribution is -2.25. The number of hydrogen-bond donors (Lipinski definition) is 1. The van der Waals surface area contributed by atoms with Gasteiger partial charge >= 0.3 is 0 Å². The first-order valence-electron chi connectivity index (χ1n) is 9.26. The van der Waals surface area contributed by atoms with Crippen molar-refractivity contribution in [1.82, 2.24) is 24.9 Å². The van der Waals surface area contributed by atoms with Crippen LogP contribution >= 0.6 is 0 Å². The lowest BCUT2D eigenvalue weighted by Gasteiger charge is -2.06. The highest BCUT2D eigenvalue weighted by atomic mass is 19.3. The Kier molecular flexibility index (Phi) is 6.58. The maximum atomic E-state index is 13.1. The first-order valence-corrected chi connectivity index (χ1v) is 9.26. The number of aryl methyl sites for hydroxylation is 3. The highest BCUT2D eigenvalue weighted by Crippen LogP contribution is 2.26. The molecular weight excluding hydrogens is 406 g/mol. The third-order valence-corrected chi connectivity index (χ3v) is 4.40. The van der Waals surface area contributed by atoms with Gasteiger partial charge in [-0.3, -0.25) is 14.2 Å². The smallest absolute Gasteiger partial charge is 0.286 e. The van der Waals surface area contributed by atoms with Crippen LogP contribution in [0.3, 0.4) is 0 Å². The molecule has 162 valence electrons. The van der Waals surface area contributed by atoms with E-state index in [9.17, 15) is 22.4 Å². The van der Waals surface area contributed by atoms with Gasteiger partial charge in [-0.1, -0.05) is 0 Å². The van der Waals surface area contributed by atoms with Crippen LogP contribution in [0, 0.1) is 13.8 Å². The van der Waals surface area contributed by atoms with Gasteiger partial charge in [0.05, 0.1) is 12.2 Å². The van der Waals surface area contributed by atoms with E-state index in [1.807, 2.05) is 24.6 Å². The van der Waals surface area contributed by atoms with Gasteiger partial charge in [0.15, 0.2) is 5.76 Å². The lowest BCUT2D eigenvalue weighted by atomic mass is 10.3. The molecule has 3 aromatic heterocycles. The van der Waals surface area contributed by atoms with Gasteiger partial charge < -0.3 is 9.73 Å². The molecule has 0 saturated carbocycles. The number of nitrogens with zero attached hydrogens (tertiary/aromatic N) is 4. The standard InChI is InChI=1S/C19H21F4N5O2/c1-11-8-12(2)27(25-11)7-3-6-24-19(29)16-5-4-13(30-16)10-28-15(18(22)23)9-14(26-28)17(20)21/h4-5,8-9,17-18H,3,6-7,10H2,1-2H3,(H,24,29). The summed E-state index contributed by atoms with van der Waals surface area (Å²) in [5.41, 5.74) is 0.577. The van der Waals surface area contributed by atoms with Crippen LogP contribution in [0.2, 0.25) is 0 Å². The minimum absolute atomic E-state index is 0.00375. The Morgan fingerprint density at radius 1 is 1.10 bits per heavy atom. The molecule has 0 fully saturated rings.